The molecular formula is C31H41N3O8. The van der Waals surface area contributed by atoms with Crippen molar-refractivity contribution in [2.24, 2.45) is 5.92 Å². The van der Waals surface area contributed by atoms with E-state index in [9.17, 15) is 14.4 Å². The molecule has 228 valence electrons. The van der Waals surface area contributed by atoms with Crippen molar-refractivity contribution in [2.75, 3.05) is 47.5 Å². The molecule has 2 saturated heterocycles. The molecule has 0 radical (unpaired) electrons. The molecule has 0 spiro atoms. The molecule has 0 aromatic heterocycles. The Morgan fingerprint density at radius 3 is 2.21 bits per heavy atom. The first-order chi connectivity index (χ1) is 20.2. The third-order valence-electron chi connectivity index (χ3n) is 7.39. The predicted molar refractivity (Wildman–Crippen MR) is 154 cm³/mol. The summed E-state index contributed by atoms with van der Waals surface area (Å²) >= 11 is 0. The standard InChI is InChI=1S/C31H41N3O8/c1-20(2)17-23(32-29(35)27-28(42-27)31(37)41-19-21-9-7-6-8-10-21)30(36)34-15-13-33(14-16-34)18-22-11-12-24(38-3)26(40-5)25(22)39-4/h6-12,20,23,27-28H,13-19H2,1-5H3,(H,32,35)/t23-,27+,28+/m0/s1. The molecule has 2 aromatic rings. The van der Waals surface area contributed by atoms with E-state index in [1.165, 1.54) is 0 Å². The lowest BCUT2D eigenvalue weighted by atomic mass is 10.0. The average molecular weight is 584 g/mol. The molecule has 2 fully saturated rings. The quantitative estimate of drug-likeness (QED) is 0.280. The second-order valence-corrected chi connectivity index (χ2v) is 10.9. The van der Waals surface area contributed by atoms with E-state index in [0.717, 1.165) is 11.1 Å². The van der Waals surface area contributed by atoms with Crippen LogP contribution in [-0.2, 0) is 37.0 Å². The van der Waals surface area contributed by atoms with Crippen LogP contribution in [0.15, 0.2) is 42.5 Å². The molecule has 3 atom stereocenters. The Kier molecular flexibility index (Phi) is 10.6. The van der Waals surface area contributed by atoms with Gasteiger partial charge in [0.1, 0.15) is 12.6 Å². The Bertz CT molecular complexity index is 1230. The van der Waals surface area contributed by atoms with Gasteiger partial charge in [0.25, 0.3) is 5.91 Å². The Hall–Kier alpha value is -3.83. The fourth-order valence-electron chi connectivity index (χ4n) is 5.12. The molecule has 0 unspecified atom stereocenters. The lowest BCUT2D eigenvalue weighted by Crippen LogP contribution is -2.55. The van der Waals surface area contributed by atoms with Gasteiger partial charge in [-0.2, -0.15) is 0 Å². The highest BCUT2D eigenvalue weighted by atomic mass is 16.6. The minimum atomic E-state index is -0.958. The maximum absolute atomic E-state index is 13.5. The Morgan fingerprint density at radius 1 is 0.905 bits per heavy atom. The highest BCUT2D eigenvalue weighted by molar-refractivity contribution is 5.95. The van der Waals surface area contributed by atoms with Gasteiger partial charge in [-0.25, -0.2) is 4.79 Å². The van der Waals surface area contributed by atoms with Crippen LogP contribution in [0.25, 0.3) is 0 Å². The number of esters is 1. The zero-order chi connectivity index (χ0) is 30.2. The van der Waals surface area contributed by atoms with E-state index in [-0.39, 0.29) is 18.4 Å². The number of rotatable bonds is 13. The number of hydrogen-bond acceptors (Lipinski definition) is 9. The summed E-state index contributed by atoms with van der Waals surface area (Å²) in [5, 5.41) is 2.84. The van der Waals surface area contributed by atoms with Crippen molar-refractivity contribution < 1.29 is 38.1 Å². The number of epoxide rings is 1. The van der Waals surface area contributed by atoms with Crippen molar-refractivity contribution in [3.63, 3.8) is 0 Å². The number of piperazine rings is 1. The van der Waals surface area contributed by atoms with Gasteiger partial charge in [-0.15, -0.1) is 0 Å². The van der Waals surface area contributed by atoms with Crippen LogP contribution in [0.4, 0.5) is 0 Å². The van der Waals surface area contributed by atoms with Gasteiger partial charge in [0.15, 0.2) is 23.7 Å². The fourth-order valence-corrected chi connectivity index (χ4v) is 5.12. The van der Waals surface area contributed by atoms with Crippen molar-refractivity contribution in [1.29, 1.82) is 0 Å². The number of hydrogen-bond donors (Lipinski definition) is 1. The molecule has 42 heavy (non-hydrogen) atoms. The van der Waals surface area contributed by atoms with E-state index in [1.807, 2.05) is 56.3 Å². The van der Waals surface area contributed by atoms with Gasteiger partial charge in [0, 0.05) is 38.3 Å². The van der Waals surface area contributed by atoms with Crippen molar-refractivity contribution in [2.45, 2.75) is 51.7 Å². The van der Waals surface area contributed by atoms with Crippen molar-refractivity contribution in [3.05, 3.63) is 53.6 Å². The molecule has 2 amide bonds. The Labute approximate surface area is 247 Å². The van der Waals surface area contributed by atoms with Gasteiger partial charge in [0.05, 0.1) is 21.3 Å². The molecule has 2 heterocycles. The second-order valence-electron chi connectivity index (χ2n) is 10.9. The maximum atomic E-state index is 13.5. The van der Waals surface area contributed by atoms with Gasteiger partial charge in [-0.1, -0.05) is 50.2 Å². The molecule has 2 aliphatic rings. The van der Waals surface area contributed by atoms with Crippen LogP contribution in [0.2, 0.25) is 0 Å². The van der Waals surface area contributed by atoms with Gasteiger partial charge in [0.2, 0.25) is 11.7 Å². The normalized spacial score (nSPS) is 19.1. The maximum Gasteiger partial charge on any atom is 0.338 e. The molecule has 0 aliphatic carbocycles. The lowest BCUT2D eigenvalue weighted by Gasteiger charge is -2.37. The summed E-state index contributed by atoms with van der Waals surface area (Å²) in [6.07, 6.45) is -1.44. The van der Waals surface area contributed by atoms with Gasteiger partial charge in [-0.3, -0.25) is 14.5 Å². The highest BCUT2D eigenvalue weighted by Crippen LogP contribution is 2.40. The zero-order valence-electron chi connectivity index (χ0n) is 25.0. The number of nitrogens with one attached hydrogen (secondary N) is 1. The summed E-state index contributed by atoms with van der Waals surface area (Å²) in [4.78, 5) is 42.9. The molecule has 2 aliphatic heterocycles. The van der Waals surface area contributed by atoms with Crippen LogP contribution in [0.1, 0.15) is 31.4 Å². The Balaban J connectivity index is 1.29. The summed E-state index contributed by atoms with van der Waals surface area (Å²) in [7, 11) is 4.76. The molecule has 4 rings (SSSR count). The third kappa shape index (κ3) is 7.71. The number of methoxy groups -OCH3 is 3. The number of amides is 2. The van der Waals surface area contributed by atoms with Crippen molar-refractivity contribution in [3.8, 4) is 17.2 Å². The SMILES string of the molecule is COc1ccc(CN2CCN(C(=O)[C@H](CC(C)C)NC(=O)[C@@H]3O[C@H]3C(=O)OCc3ccccc3)CC2)c(OC)c1OC. The molecule has 0 saturated carbocycles. The molecule has 1 N–H and O–H groups in total. The van der Waals surface area contributed by atoms with Crippen LogP contribution in [0, 0.1) is 5.92 Å². The number of nitrogens with zero attached hydrogens (tertiary/aromatic N) is 2. The number of benzene rings is 2. The van der Waals surface area contributed by atoms with Crippen LogP contribution < -0.4 is 19.5 Å². The smallest absolute Gasteiger partial charge is 0.338 e. The van der Waals surface area contributed by atoms with Crippen LogP contribution in [-0.4, -0.2) is 93.3 Å². The molecule has 11 nitrogen and oxygen atoms in total. The third-order valence-corrected chi connectivity index (χ3v) is 7.39. The van der Waals surface area contributed by atoms with E-state index in [1.54, 1.807) is 26.2 Å². The number of carbonyl (C=O) groups excluding carboxylic acids is 3. The summed E-state index contributed by atoms with van der Waals surface area (Å²) in [6.45, 7) is 7.09. The van der Waals surface area contributed by atoms with E-state index in [0.29, 0.717) is 56.4 Å². The Morgan fingerprint density at radius 2 is 1.60 bits per heavy atom. The second kappa shape index (κ2) is 14.4. The highest BCUT2D eigenvalue weighted by Gasteiger charge is 2.52. The lowest BCUT2D eigenvalue weighted by molar-refractivity contribution is -0.146. The van der Waals surface area contributed by atoms with Gasteiger partial charge >= 0.3 is 5.97 Å². The predicted octanol–water partition coefficient (Wildman–Crippen LogP) is 2.40. The number of ether oxygens (including phenoxy) is 5. The largest absolute Gasteiger partial charge is 0.493 e. The average Bonchev–Trinajstić information content (AvgIpc) is 3.81. The summed E-state index contributed by atoms with van der Waals surface area (Å²) in [5.41, 5.74) is 1.80. The minimum Gasteiger partial charge on any atom is -0.493 e. The van der Waals surface area contributed by atoms with Gasteiger partial charge in [-0.05, 0) is 24.0 Å². The number of carbonyl (C=O) groups is 3. The first-order valence-corrected chi connectivity index (χ1v) is 14.2. The first-order valence-electron chi connectivity index (χ1n) is 14.2. The van der Waals surface area contributed by atoms with Crippen molar-refractivity contribution >= 4 is 17.8 Å². The molecule has 11 heteroatoms. The minimum absolute atomic E-state index is 0.104. The summed E-state index contributed by atoms with van der Waals surface area (Å²) in [6, 6.07) is 12.4. The summed E-state index contributed by atoms with van der Waals surface area (Å²) in [5.74, 6) is 0.736. The molecular weight excluding hydrogens is 542 g/mol. The van der Waals surface area contributed by atoms with Crippen molar-refractivity contribution in [1.82, 2.24) is 15.1 Å². The van der Waals surface area contributed by atoms with E-state index < -0.39 is 30.1 Å². The van der Waals surface area contributed by atoms with Crippen LogP contribution >= 0.6 is 0 Å². The van der Waals surface area contributed by atoms with E-state index >= 15 is 0 Å². The zero-order valence-corrected chi connectivity index (χ0v) is 25.0. The fraction of sp³-hybridized carbons (Fsp3) is 0.516. The monoisotopic (exact) mass is 583 g/mol. The molecule has 0 bridgehead atoms. The van der Waals surface area contributed by atoms with E-state index in [4.69, 9.17) is 23.7 Å². The topological polar surface area (TPSA) is 119 Å². The molecule has 2 aromatic carbocycles. The first kappa shape index (κ1) is 31.1. The van der Waals surface area contributed by atoms with Gasteiger partial charge < -0.3 is 33.9 Å². The van der Waals surface area contributed by atoms with E-state index in [2.05, 4.69) is 10.2 Å². The van der Waals surface area contributed by atoms with Crippen LogP contribution in [0.3, 0.4) is 0 Å². The summed E-state index contributed by atoms with van der Waals surface area (Å²) < 4.78 is 27.1. The van der Waals surface area contributed by atoms with Crippen LogP contribution in [0.5, 0.6) is 17.2 Å².